The molecule has 2 aromatic rings. The van der Waals surface area contributed by atoms with Crippen molar-refractivity contribution in [3.8, 4) is 0 Å². The van der Waals surface area contributed by atoms with E-state index in [1.54, 1.807) is 0 Å². The molecule has 0 aliphatic heterocycles. The van der Waals surface area contributed by atoms with Crippen molar-refractivity contribution in [1.29, 1.82) is 0 Å². The predicted octanol–water partition coefficient (Wildman–Crippen LogP) is 3.72. The van der Waals surface area contributed by atoms with Crippen LogP contribution in [0, 0.1) is 10.1 Å². The first-order valence-electron chi connectivity index (χ1n) is 8.31. The number of nitrogens with zero attached hydrogens (tertiary/aromatic N) is 1. The van der Waals surface area contributed by atoms with Gasteiger partial charge >= 0.3 is 5.97 Å². The monoisotopic (exact) mass is 390 g/mol. The Balaban J connectivity index is 1.75. The lowest BCUT2D eigenvalue weighted by molar-refractivity contribution is -0.384. The Labute approximate surface area is 161 Å². The normalized spacial score (nSPS) is 11.5. The number of halogens is 1. The van der Waals surface area contributed by atoms with Crippen molar-refractivity contribution in [2.45, 2.75) is 19.3 Å². The fraction of sp³-hybridized carbons (Fsp3) is 0.263. The number of non-ortho nitro benzene ring substituents is 1. The van der Waals surface area contributed by atoms with Crippen molar-refractivity contribution in [1.82, 2.24) is 5.32 Å². The number of carbonyl (C=O) groups is 2. The molecular formula is C19H19ClN2O5. The van der Waals surface area contributed by atoms with Gasteiger partial charge in [0, 0.05) is 12.1 Å². The van der Waals surface area contributed by atoms with E-state index in [-0.39, 0.29) is 47.7 Å². The Morgan fingerprint density at radius 1 is 1.22 bits per heavy atom. The lowest BCUT2D eigenvalue weighted by Gasteiger charge is -2.12. The minimum Gasteiger partial charge on any atom is -0.464 e. The number of nitrogens with one attached hydrogen (secondary N) is 1. The molecule has 7 nitrogen and oxygen atoms in total. The molecular weight excluding hydrogens is 372 g/mol. The molecule has 0 fully saturated rings. The third-order valence-electron chi connectivity index (χ3n) is 3.90. The molecule has 0 aliphatic rings. The molecule has 27 heavy (non-hydrogen) atoms. The minimum atomic E-state index is -0.594. The summed E-state index contributed by atoms with van der Waals surface area (Å²) in [5.74, 6) is -0.815. The first-order valence-corrected chi connectivity index (χ1v) is 8.69. The predicted molar refractivity (Wildman–Crippen MR) is 101 cm³/mol. The van der Waals surface area contributed by atoms with E-state index in [2.05, 4.69) is 5.32 Å². The molecule has 2 aromatic carbocycles. The van der Waals surface area contributed by atoms with Gasteiger partial charge in [-0.3, -0.25) is 19.7 Å². The molecule has 8 heteroatoms. The van der Waals surface area contributed by atoms with Gasteiger partial charge in [0.15, 0.2) is 0 Å². The van der Waals surface area contributed by atoms with E-state index in [9.17, 15) is 19.7 Å². The summed E-state index contributed by atoms with van der Waals surface area (Å²) in [5.41, 5.74) is 0.972. The molecule has 142 valence electrons. The lowest BCUT2D eigenvalue weighted by Crippen LogP contribution is -2.28. The average Bonchev–Trinajstić information content (AvgIpc) is 2.65. The molecule has 1 unspecified atom stereocenters. The molecule has 0 saturated carbocycles. The van der Waals surface area contributed by atoms with E-state index in [4.69, 9.17) is 16.3 Å². The van der Waals surface area contributed by atoms with Crippen LogP contribution in [0.1, 0.15) is 35.2 Å². The maximum Gasteiger partial charge on any atom is 0.306 e. The fourth-order valence-corrected chi connectivity index (χ4v) is 2.70. The lowest BCUT2D eigenvalue weighted by atomic mass is 9.98. The van der Waals surface area contributed by atoms with Crippen molar-refractivity contribution in [2.75, 3.05) is 13.2 Å². The average molecular weight is 391 g/mol. The number of hydrogen-bond acceptors (Lipinski definition) is 5. The van der Waals surface area contributed by atoms with Gasteiger partial charge in [-0.05, 0) is 17.5 Å². The number of benzene rings is 2. The van der Waals surface area contributed by atoms with Crippen LogP contribution in [0.2, 0.25) is 5.02 Å². The summed E-state index contributed by atoms with van der Waals surface area (Å²) in [6, 6.07) is 13.2. The number of carbonyl (C=O) groups excluding carboxylic acids is 2. The molecule has 0 radical (unpaired) electrons. The van der Waals surface area contributed by atoms with Crippen molar-refractivity contribution in [2.24, 2.45) is 0 Å². The van der Waals surface area contributed by atoms with Crippen molar-refractivity contribution >= 4 is 29.2 Å². The summed E-state index contributed by atoms with van der Waals surface area (Å²) in [5, 5.41) is 13.2. The van der Waals surface area contributed by atoms with Crippen LogP contribution in [0.25, 0.3) is 0 Å². The number of ether oxygens (including phenoxy) is 1. The van der Waals surface area contributed by atoms with Crippen LogP contribution in [0.3, 0.4) is 0 Å². The van der Waals surface area contributed by atoms with Gasteiger partial charge in [0.25, 0.3) is 11.6 Å². The van der Waals surface area contributed by atoms with Gasteiger partial charge in [0.05, 0.1) is 28.5 Å². The SMILES string of the molecule is CC(CC(=O)OCCNC(=O)c1ccc([N+](=O)[O-])cc1Cl)c1ccccc1. The molecule has 0 heterocycles. The maximum atomic E-state index is 12.0. The quantitative estimate of drug-likeness (QED) is 0.320. The zero-order chi connectivity index (χ0) is 19.8. The summed E-state index contributed by atoms with van der Waals surface area (Å²) in [6.45, 7) is 2.07. The molecule has 1 N–H and O–H groups in total. The number of hydrogen-bond donors (Lipinski definition) is 1. The van der Waals surface area contributed by atoms with Crippen LogP contribution in [0.4, 0.5) is 5.69 Å². The zero-order valence-electron chi connectivity index (χ0n) is 14.7. The van der Waals surface area contributed by atoms with Gasteiger partial charge in [0.1, 0.15) is 6.61 Å². The molecule has 0 bridgehead atoms. The smallest absolute Gasteiger partial charge is 0.306 e. The maximum absolute atomic E-state index is 12.0. The Morgan fingerprint density at radius 2 is 1.93 bits per heavy atom. The second-order valence-corrected chi connectivity index (χ2v) is 6.32. The third-order valence-corrected chi connectivity index (χ3v) is 4.21. The fourth-order valence-electron chi connectivity index (χ4n) is 2.43. The number of nitro groups is 1. The Bertz CT molecular complexity index is 826. The molecule has 1 atom stereocenters. The van der Waals surface area contributed by atoms with E-state index < -0.39 is 10.8 Å². The molecule has 2 rings (SSSR count). The largest absolute Gasteiger partial charge is 0.464 e. The Kier molecular flexibility index (Phi) is 7.31. The van der Waals surface area contributed by atoms with E-state index >= 15 is 0 Å². The van der Waals surface area contributed by atoms with E-state index in [1.807, 2.05) is 37.3 Å². The van der Waals surface area contributed by atoms with Crippen LogP contribution >= 0.6 is 11.6 Å². The topological polar surface area (TPSA) is 98.5 Å². The van der Waals surface area contributed by atoms with Crippen LogP contribution in [-0.4, -0.2) is 30.0 Å². The molecule has 0 spiro atoms. The van der Waals surface area contributed by atoms with Gasteiger partial charge in [-0.1, -0.05) is 48.9 Å². The molecule has 1 amide bonds. The van der Waals surface area contributed by atoms with Gasteiger partial charge in [-0.15, -0.1) is 0 Å². The van der Waals surface area contributed by atoms with Gasteiger partial charge in [-0.2, -0.15) is 0 Å². The molecule has 0 aliphatic carbocycles. The first kappa shape index (κ1) is 20.4. The number of esters is 1. The van der Waals surface area contributed by atoms with Gasteiger partial charge in [0.2, 0.25) is 0 Å². The Morgan fingerprint density at radius 3 is 2.56 bits per heavy atom. The van der Waals surface area contributed by atoms with Gasteiger partial charge < -0.3 is 10.1 Å². The first-order chi connectivity index (χ1) is 12.9. The van der Waals surface area contributed by atoms with E-state index in [0.717, 1.165) is 11.6 Å². The summed E-state index contributed by atoms with van der Waals surface area (Å²) in [4.78, 5) is 34.0. The van der Waals surface area contributed by atoms with Crippen LogP contribution < -0.4 is 5.32 Å². The summed E-state index contributed by atoms with van der Waals surface area (Å²) < 4.78 is 5.13. The van der Waals surface area contributed by atoms with Gasteiger partial charge in [-0.25, -0.2) is 0 Å². The summed E-state index contributed by atoms with van der Waals surface area (Å²) in [6.07, 6.45) is 0.242. The van der Waals surface area contributed by atoms with Crippen LogP contribution in [0.5, 0.6) is 0 Å². The molecule has 0 aromatic heterocycles. The second kappa shape index (κ2) is 9.68. The van der Waals surface area contributed by atoms with Crippen LogP contribution in [0.15, 0.2) is 48.5 Å². The van der Waals surface area contributed by atoms with Crippen molar-refractivity contribution in [3.05, 3.63) is 74.8 Å². The Hall–Kier alpha value is -2.93. The van der Waals surface area contributed by atoms with Crippen molar-refractivity contribution < 1.29 is 19.2 Å². The zero-order valence-corrected chi connectivity index (χ0v) is 15.4. The number of rotatable bonds is 8. The van der Waals surface area contributed by atoms with Crippen LogP contribution in [-0.2, 0) is 9.53 Å². The standard InChI is InChI=1S/C19H19ClN2O5/c1-13(14-5-3-2-4-6-14)11-18(23)27-10-9-21-19(24)16-8-7-15(22(25)26)12-17(16)20/h2-8,12-13H,9-11H2,1H3,(H,21,24). The van der Waals surface area contributed by atoms with Crippen molar-refractivity contribution in [3.63, 3.8) is 0 Å². The highest BCUT2D eigenvalue weighted by Gasteiger charge is 2.15. The summed E-state index contributed by atoms with van der Waals surface area (Å²) >= 11 is 5.90. The summed E-state index contributed by atoms with van der Waals surface area (Å²) in [7, 11) is 0. The second-order valence-electron chi connectivity index (χ2n) is 5.91. The number of nitro benzene ring substituents is 1. The van der Waals surface area contributed by atoms with E-state index in [0.29, 0.717) is 0 Å². The highest BCUT2D eigenvalue weighted by molar-refractivity contribution is 6.34. The third kappa shape index (κ3) is 6.07. The van der Waals surface area contributed by atoms with E-state index in [1.165, 1.54) is 12.1 Å². The minimum absolute atomic E-state index is 0.0182. The number of amides is 1. The highest BCUT2D eigenvalue weighted by Crippen LogP contribution is 2.22. The molecule has 0 saturated heterocycles. The highest BCUT2D eigenvalue weighted by atomic mass is 35.5.